The van der Waals surface area contributed by atoms with Crippen LogP contribution in [0, 0.1) is 20.8 Å². The van der Waals surface area contributed by atoms with Gasteiger partial charge >= 0.3 is 6.09 Å². The van der Waals surface area contributed by atoms with Crippen molar-refractivity contribution in [2.75, 3.05) is 11.9 Å². The lowest BCUT2D eigenvalue weighted by Gasteiger charge is -2.34. The molecule has 0 spiro atoms. The minimum absolute atomic E-state index is 0.290. The number of carbonyl (C=O) groups is 3. The van der Waals surface area contributed by atoms with Crippen molar-refractivity contribution in [1.82, 2.24) is 10.2 Å². The maximum Gasteiger partial charge on any atom is 0.408 e. The summed E-state index contributed by atoms with van der Waals surface area (Å²) in [6.45, 7) is 15.5. The van der Waals surface area contributed by atoms with E-state index < -0.39 is 23.8 Å². The average molecular weight is 552 g/mol. The molecule has 7 heteroatoms. The van der Waals surface area contributed by atoms with Gasteiger partial charge in [0.25, 0.3) is 5.91 Å². The highest BCUT2D eigenvalue weighted by Crippen LogP contribution is 2.27. The van der Waals surface area contributed by atoms with E-state index in [9.17, 15) is 14.4 Å². The predicted molar refractivity (Wildman–Crippen MR) is 162 cm³/mol. The fourth-order valence-electron chi connectivity index (χ4n) is 4.55. The first-order valence-electron chi connectivity index (χ1n) is 14.6. The average Bonchev–Trinajstić information content (AvgIpc) is 2.87. The Labute approximate surface area is 241 Å². The minimum atomic E-state index is -0.879. The molecule has 7 nitrogen and oxygen atoms in total. The van der Waals surface area contributed by atoms with Crippen molar-refractivity contribution in [1.29, 1.82) is 0 Å². The van der Waals surface area contributed by atoms with E-state index in [4.69, 9.17) is 4.74 Å². The van der Waals surface area contributed by atoms with Gasteiger partial charge < -0.3 is 20.3 Å². The zero-order valence-corrected chi connectivity index (χ0v) is 25.7. The van der Waals surface area contributed by atoms with Crippen LogP contribution >= 0.6 is 0 Å². The number of hydrogen-bond acceptors (Lipinski definition) is 4. The van der Waals surface area contributed by atoms with Crippen molar-refractivity contribution < 1.29 is 19.1 Å². The molecule has 3 amide bonds. The van der Waals surface area contributed by atoms with Crippen LogP contribution in [0.15, 0.2) is 42.5 Å². The molecular weight excluding hydrogens is 502 g/mol. The summed E-state index contributed by atoms with van der Waals surface area (Å²) in [5, 5.41) is 5.74. The molecule has 0 heterocycles. The molecule has 2 aromatic carbocycles. The standard InChI is InChI=1S/C33H49N3O4/c1-9-10-11-12-13-16-21-36(31(38)26(5)34-32(39)40-33(6,7)8)29(27-20-19-23(2)25(4)22-27)30(37)35-28-18-15-14-17-24(28)3/h14-15,17-20,22,26,29H,9-13,16,21H2,1-8H3,(H,34,39)(H,35,37). The number of hydrogen-bond donors (Lipinski definition) is 2. The van der Waals surface area contributed by atoms with Crippen LogP contribution < -0.4 is 10.6 Å². The summed E-state index contributed by atoms with van der Waals surface area (Å²) in [5.74, 6) is -0.621. The molecule has 0 saturated carbocycles. The molecule has 2 rings (SSSR count). The second kappa shape index (κ2) is 15.4. The second-order valence-corrected chi connectivity index (χ2v) is 11.7. The zero-order valence-electron chi connectivity index (χ0n) is 25.7. The van der Waals surface area contributed by atoms with E-state index in [1.54, 1.807) is 32.6 Å². The quantitative estimate of drug-likeness (QED) is 0.254. The number of ether oxygens (including phenoxy) is 1. The molecule has 2 unspecified atom stereocenters. The lowest BCUT2D eigenvalue weighted by atomic mass is 9.97. The van der Waals surface area contributed by atoms with Gasteiger partial charge in [0.15, 0.2) is 0 Å². The Balaban J connectivity index is 2.44. The van der Waals surface area contributed by atoms with E-state index in [1.165, 1.54) is 6.42 Å². The lowest BCUT2D eigenvalue weighted by Crippen LogP contribution is -2.51. The molecule has 0 fully saturated rings. The Morgan fingerprint density at radius 1 is 0.875 bits per heavy atom. The molecule has 220 valence electrons. The van der Waals surface area contributed by atoms with E-state index >= 15 is 0 Å². The number of nitrogens with zero attached hydrogens (tertiary/aromatic N) is 1. The summed E-state index contributed by atoms with van der Waals surface area (Å²) >= 11 is 0. The number of nitrogens with one attached hydrogen (secondary N) is 2. The molecule has 0 radical (unpaired) electrons. The van der Waals surface area contributed by atoms with E-state index in [-0.39, 0.29) is 11.8 Å². The van der Waals surface area contributed by atoms with Crippen molar-refractivity contribution in [3.63, 3.8) is 0 Å². The summed E-state index contributed by atoms with van der Waals surface area (Å²) in [5.41, 5.74) is 3.82. The third-order valence-corrected chi connectivity index (χ3v) is 6.95. The number of unbranched alkanes of at least 4 members (excludes halogenated alkanes) is 5. The molecule has 0 aliphatic heterocycles. The Morgan fingerprint density at radius 2 is 1.52 bits per heavy atom. The molecule has 2 atom stereocenters. The van der Waals surface area contributed by atoms with Crippen LogP contribution in [0.25, 0.3) is 0 Å². The summed E-state index contributed by atoms with van der Waals surface area (Å²) < 4.78 is 5.39. The molecule has 2 N–H and O–H groups in total. The Kier molecular flexibility index (Phi) is 12.7. The third-order valence-electron chi connectivity index (χ3n) is 6.95. The molecule has 0 aromatic heterocycles. The number of para-hydroxylation sites is 1. The van der Waals surface area contributed by atoms with Crippen molar-refractivity contribution in [3.8, 4) is 0 Å². The van der Waals surface area contributed by atoms with E-state index in [1.807, 2.05) is 63.2 Å². The smallest absolute Gasteiger partial charge is 0.408 e. The highest BCUT2D eigenvalue weighted by atomic mass is 16.6. The summed E-state index contributed by atoms with van der Waals surface area (Å²) in [4.78, 5) is 42.1. The molecular formula is C33H49N3O4. The van der Waals surface area contributed by atoms with Gasteiger partial charge in [0, 0.05) is 12.2 Å². The SMILES string of the molecule is CCCCCCCCN(C(=O)C(C)NC(=O)OC(C)(C)C)C(C(=O)Nc1ccccc1C)c1ccc(C)c(C)c1. The van der Waals surface area contributed by atoms with Crippen LogP contribution in [0.1, 0.15) is 101 Å². The normalized spacial score (nSPS) is 12.8. The molecule has 0 saturated heterocycles. The monoisotopic (exact) mass is 551 g/mol. The van der Waals surface area contributed by atoms with Gasteiger partial charge in [-0.2, -0.15) is 0 Å². The molecule has 2 aromatic rings. The maximum absolute atomic E-state index is 14.0. The summed E-state index contributed by atoms with van der Waals surface area (Å²) in [6, 6.07) is 11.7. The van der Waals surface area contributed by atoms with Crippen LogP contribution in [0.2, 0.25) is 0 Å². The van der Waals surface area contributed by atoms with Crippen LogP contribution in [-0.2, 0) is 14.3 Å². The van der Waals surface area contributed by atoms with Crippen LogP contribution in [-0.4, -0.2) is 41.0 Å². The lowest BCUT2D eigenvalue weighted by molar-refractivity contribution is -0.140. The third kappa shape index (κ3) is 10.3. The maximum atomic E-state index is 14.0. The van der Waals surface area contributed by atoms with Crippen LogP contribution in [0.3, 0.4) is 0 Å². The fourth-order valence-corrected chi connectivity index (χ4v) is 4.55. The van der Waals surface area contributed by atoms with Crippen molar-refractivity contribution in [2.24, 2.45) is 0 Å². The van der Waals surface area contributed by atoms with Gasteiger partial charge in [0.05, 0.1) is 0 Å². The van der Waals surface area contributed by atoms with E-state index in [0.717, 1.165) is 54.4 Å². The van der Waals surface area contributed by atoms with Gasteiger partial charge in [0.2, 0.25) is 5.91 Å². The molecule has 0 bridgehead atoms. The number of amides is 3. The van der Waals surface area contributed by atoms with Crippen molar-refractivity contribution in [2.45, 2.75) is 112 Å². The number of alkyl carbamates (subject to hydrolysis) is 1. The Bertz CT molecular complexity index is 1140. The Hall–Kier alpha value is -3.35. The first-order valence-corrected chi connectivity index (χ1v) is 14.6. The Morgan fingerprint density at radius 3 is 2.15 bits per heavy atom. The summed E-state index contributed by atoms with van der Waals surface area (Å²) in [6.07, 6.45) is 5.61. The van der Waals surface area contributed by atoms with Gasteiger partial charge in [-0.05, 0) is 83.2 Å². The van der Waals surface area contributed by atoms with Crippen LogP contribution in [0.5, 0.6) is 0 Å². The summed E-state index contributed by atoms with van der Waals surface area (Å²) in [7, 11) is 0. The predicted octanol–water partition coefficient (Wildman–Crippen LogP) is 7.39. The highest BCUT2D eigenvalue weighted by molar-refractivity contribution is 5.99. The van der Waals surface area contributed by atoms with E-state index in [0.29, 0.717) is 12.2 Å². The number of benzene rings is 2. The first kappa shape index (κ1) is 32.9. The van der Waals surface area contributed by atoms with Crippen molar-refractivity contribution in [3.05, 3.63) is 64.7 Å². The number of rotatable bonds is 13. The second-order valence-electron chi connectivity index (χ2n) is 11.7. The molecule has 0 aliphatic carbocycles. The number of carbonyl (C=O) groups excluding carboxylic acids is 3. The van der Waals surface area contributed by atoms with Crippen molar-refractivity contribution >= 4 is 23.6 Å². The number of aryl methyl sites for hydroxylation is 3. The largest absolute Gasteiger partial charge is 0.444 e. The van der Waals surface area contributed by atoms with Crippen LogP contribution in [0.4, 0.5) is 10.5 Å². The van der Waals surface area contributed by atoms with Gasteiger partial charge in [-0.25, -0.2) is 4.79 Å². The molecule has 0 aliphatic rings. The zero-order chi connectivity index (χ0) is 29.9. The topological polar surface area (TPSA) is 87.7 Å². The molecule has 40 heavy (non-hydrogen) atoms. The van der Waals surface area contributed by atoms with Gasteiger partial charge in [-0.15, -0.1) is 0 Å². The van der Waals surface area contributed by atoms with E-state index in [2.05, 4.69) is 17.6 Å². The number of anilines is 1. The highest BCUT2D eigenvalue weighted by Gasteiger charge is 2.35. The van der Waals surface area contributed by atoms with Gasteiger partial charge in [-0.3, -0.25) is 9.59 Å². The van der Waals surface area contributed by atoms with Gasteiger partial charge in [0.1, 0.15) is 17.7 Å². The first-order chi connectivity index (χ1) is 18.8. The minimum Gasteiger partial charge on any atom is -0.444 e. The fraction of sp³-hybridized carbons (Fsp3) is 0.545. The van der Waals surface area contributed by atoms with Gasteiger partial charge in [-0.1, -0.05) is 75.4 Å².